The molecule has 0 bridgehead atoms. The minimum absolute atomic E-state index is 0.0289. The first-order chi connectivity index (χ1) is 12.3. The van der Waals surface area contributed by atoms with Crippen LogP contribution in [0.15, 0.2) is 46.4 Å². The van der Waals surface area contributed by atoms with Gasteiger partial charge in [-0.2, -0.15) is 0 Å². The number of anilines is 1. The van der Waals surface area contributed by atoms with Crippen molar-refractivity contribution in [1.82, 2.24) is 5.32 Å². The maximum absolute atomic E-state index is 12.9. The Labute approximate surface area is 190 Å². The van der Waals surface area contributed by atoms with Crippen molar-refractivity contribution >= 4 is 102 Å². The van der Waals surface area contributed by atoms with Gasteiger partial charge in [-0.15, -0.1) is 0 Å². The predicted molar refractivity (Wildman–Crippen MR) is 124 cm³/mol. The summed E-state index contributed by atoms with van der Waals surface area (Å²) in [4.78, 5) is 26.5. The van der Waals surface area contributed by atoms with Gasteiger partial charge < -0.3 is 5.11 Å². The summed E-state index contributed by atoms with van der Waals surface area (Å²) in [7, 11) is 0. The van der Waals surface area contributed by atoms with Crippen LogP contribution >= 0.6 is 73.3 Å². The maximum Gasteiger partial charge on any atom is 0.270 e. The summed E-state index contributed by atoms with van der Waals surface area (Å²) in [6, 6.07) is 10.4. The molecule has 1 fully saturated rings. The van der Waals surface area contributed by atoms with Gasteiger partial charge in [-0.1, -0.05) is 15.9 Å². The third-order valence-corrected chi connectivity index (χ3v) is 5.99. The number of aromatic hydroxyl groups is 1. The Morgan fingerprint density at radius 1 is 1.12 bits per heavy atom. The van der Waals surface area contributed by atoms with Crippen molar-refractivity contribution < 1.29 is 14.7 Å². The highest BCUT2D eigenvalue weighted by molar-refractivity contribution is 14.1. The second-order valence-electron chi connectivity index (χ2n) is 5.27. The minimum Gasteiger partial charge on any atom is -0.506 e. The molecule has 0 aromatic heterocycles. The molecule has 1 aliphatic rings. The van der Waals surface area contributed by atoms with Crippen molar-refractivity contribution in [3.63, 3.8) is 0 Å². The molecule has 1 saturated heterocycles. The van der Waals surface area contributed by atoms with Gasteiger partial charge in [0.05, 0.1) is 12.8 Å². The molecular formula is C17H9BrI2N2O3S. The van der Waals surface area contributed by atoms with Gasteiger partial charge in [-0.3, -0.25) is 19.8 Å². The van der Waals surface area contributed by atoms with Gasteiger partial charge in [0.2, 0.25) is 0 Å². The molecule has 0 aliphatic carbocycles. The number of halogens is 3. The minimum atomic E-state index is -0.550. The second kappa shape index (κ2) is 7.90. The maximum atomic E-state index is 12.9. The smallest absolute Gasteiger partial charge is 0.270 e. The monoisotopic (exact) mass is 654 g/mol. The summed E-state index contributed by atoms with van der Waals surface area (Å²) < 4.78 is 2.13. The number of carbonyl (C=O) groups is 2. The van der Waals surface area contributed by atoms with E-state index in [0.29, 0.717) is 18.4 Å². The van der Waals surface area contributed by atoms with E-state index in [9.17, 15) is 14.7 Å². The van der Waals surface area contributed by atoms with E-state index in [1.54, 1.807) is 36.4 Å². The molecule has 1 heterocycles. The third-order valence-electron chi connectivity index (χ3n) is 3.54. The number of benzene rings is 2. The van der Waals surface area contributed by atoms with Crippen LogP contribution in [-0.4, -0.2) is 22.0 Å². The number of hydrogen-bond donors (Lipinski definition) is 2. The first kappa shape index (κ1) is 19.7. The zero-order chi connectivity index (χ0) is 19.0. The summed E-state index contributed by atoms with van der Waals surface area (Å²) in [6.07, 6.45) is 1.50. The van der Waals surface area contributed by atoms with Gasteiger partial charge in [0.25, 0.3) is 11.8 Å². The van der Waals surface area contributed by atoms with E-state index in [4.69, 9.17) is 12.2 Å². The molecule has 0 atom stereocenters. The van der Waals surface area contributed by atoms with Crippen molar-refractivity contribution in [2.24, 2.45) is 0 Å². The summed E-state index contributed by atoms with van der Waals surface area (Å²) in [5.41, 5.74) is 1.17. The molecule has 5 nitrogen and oxygen atoms in total. The molecule has 0 unspecified atom stereocenters. The van der Waals surface area contributed by atoms with Crippen molar-refractivity contribution in [1.29, 1.82) is 0 Å². The van der Waals surface area contributed by atoms with Gasteiger partial charge in [-0.25, -0.2) is 0 Å². The van der Waals surface area contributed by atoms with Gasteiger partial charge in [0.15, 0.2) is 5.11 Å². The van der Waals surface area contributed by atoms with Gasteiger partial charge in [-0.05, 0) is 105 Å². The highest BCUT2D eigenvalue weighted by Gasteiger charge is 2.34. The van der Waals surface area contributed by atoms with Crippen molar-refractivity contribution in [3.8, 4) is 5.75 Å². The average molecular weight is 655 g/mol. The van der Waals surface area contributed by atoms with E-state index < -0.39 is 11.8 Å². The van der Waals surface area contributed by atoms with E-state index in [1.807, 2.05) is 45.2 Å². The Bertz CT molecular complexity index is 953. The number of nitrogens with zero attached hydrogens (tertiary/aromatic N) is 1. The standard InChI is InChI=1S/C17H9BrI2N2O3S/c18-9-1-3-10(4-2-9)22-16(25)11(15(24)21-17(22)26)5-8-6-12(19)14(23)13(20)7-8/h1-7,23H,(H,21,24,26)/b11-5+. The van der Waals surface area contributed by atoms with Crippen molar-refractivity contribution in [3.05, 3.63) is 59.1 Å². The Kier molecular flexibility index (Phi) is 5.99. The van der Waals surface area contributed by atoms with Crippen LogP contribution in [0, 0.1) is 7.14 Å². The van der Waals surface area contributed by atoms with Crippen molar-refractivity contribution in [2.75, 3.05) is 4.90 Å². The molecule has 2 amide bonds. The fraction of sp³-hybridized carbons (Fsp3) is 0. The normalized spacial score (nSPS) is 16.2. The van der Waals surface area contributed by atoms with Crippen LogP contribution in [0.1, 0.15) is 5.56 Å². The first-order valence-electron chi connectivity index (χ1n) is 7.13. The molecule has 2 aromatic carbocycles. The Morgan fingerprint density at radius 2 is 1.69 bits per heavy atom. The fourth-order valence-corrected chi connectivity index (χ4v) is 4.68. The Balaban J connectivity index is 2.04. The topological polar surface area (TPSA) is 69.6 Å². The van der Waals surface area contributed by atoms with E-state index in [2.05, 4.69) is 21.2 Å². The summed E-state index contributed by atoms with van der Waals surface area (Å²) in [6.45, 7) is 0. The lowest BCUT2D eigenvalue weighted by atomic mass is 10.1. The van der Waals surface area contributed by atoms with E-state index in [0.717, 1.165) is 4.47 Å². The lowest BCUT2D eigenvalue weighted by Crippen LogP contribution is -2.54. The highest BCUT2D eigenvalue weighted by atomic mass is 127. The Morgan fingerprint density at radius 3 is 2.27 bits per heavy atom. The quantitative estimate of drug-likeness (QED) is 0.221. The van der Waals surface area contributed by atoms with E-state index >= 15 is 0 Å². The second-order valence-corrected chi connectivity index (χ2v) is 8.89. The molecule has 0 saturated carbocycles. The van der Waals surface area contributed by atoms with Crippen LogP contribution in [0.3, 0.4) is 0 Å². The average Bonchev–Trinajstić information content (AvgIpc) is 2.58. The lowest BCUT2D eigenvalue weighted by Gasteiger charge is -2.29. The molecule has 9 heteroatoms. The SMILES string of the molecule is O=C1NC(=S)N(c2ccc(Br)cc2)C(=O)/C1=C/c1cc(I)c(O)c(I)c1. The van der Waals surface area contributed by atoms with Crippen LogP contribution in [0.4, 0.5) is 5.69 Å². The number of nitrogens with one attached hydrogen (secondary N) is 1. The third kappa shape index (κ3) is 3.94. The number of amides is 2. The van der Waals surface area contributed by atoms with Crippen LogP contribution in [-0.2, 0) is 9.59 Å². The zero-order valence-electron chi connectivity index (χ0n) is 12.8. The molecule has 2 N–H and O–H groups in total. The summed E-state index contributed by atoms with van der Waals surface area (Å²) >= 11 is 12.5. The molecule has 0 spiro atoms. The van der Waals surface area contributed by atoms with Gasteiger partial charge in [0, 0.05) is 4.47 Å². The number of carbonyl (C=O) groups excluding carboxylic acids is 2. The molecule has 2 aromatic rings. The molecule has 26 heavy (non-hydrogen) atoms. The number of hydrogen-bond acceptors (Lipinski definition) is 4. The Hall–Kier alpha value is -1.05. The number of thiocarbonyl (C=S) groups is 1. The van der Waals surface area contributed by atoms with E-state index in [1.165, 1.54) is 11.0 Å². The molecular weight excluding hydrogens is 646 g/mol. The molecule has 1 aliphatic heterocycles. The lowest BCUT2D eigenvalue weighted by molar-refractivity contribution is -0.122. The number of rotatable bonds is 2. The highest BCUT2D eigenvalue weighted by Crippen LogP contribution is 2.29. The van der Waals surface area contributed by atoms with Crippen LogP contribution < -0.4 is 10.2 Å². The van der Waals surface area contributed by atoms with Crippen molar-refractivity contribution in [2.45, 2.75) is 0 Å². The number of phenols is 1. The molecule has 132 valence electrons. The van der Waals surface area contributed by atoms with Crippen LogP contribution in [0.5, 0.6) is 5.75 Å². The fourth-order valence-electron chi connectivity index (χ4n) is 2.32. The summed E-state index contributed by atoms with van der Waals surface area (Å²) in [5.74, 6) is -0.879. The van der Waals surface area contributed by atoms with Gasteiger partial charge in [0.1, 0.15) is 11.3 Å². The molecule has 3 rings (SSSR count). The zero-order valence-corrected chi connectivity index (χ0v) is 19.5. The first-order valence-corrected chi connectivity index (χ1v) is 10.5. The molecule has 0 radical (unpaired) electrons. The number of phenolic OH excluding ortho intramolecular Hbond substituents is 1. The van der Waals surface area contributed by atoms with E-state index in [-0.39, 0.29) is 16.4 Å². The van der Waals surface area contributed by atoms with Crippen LogP contribution in [0.25, 0.3) is 6.08 Å². The van der Waals surface area contributed by atoms with Crippen LogP contribution in [0.2, 0.25) is 0 Å². The summed E-state index contributed by atoms with van der Waals surface area (Å²) in [5, 5.41) is 12.5. The van der Waals surface area contributed by atoms with Gasteiger partial charge >= 0.3 is 0 Å². The predicted octanol–water partition coefficient (Wildman–Crippen LogP) is 4.20. The largest absolute Gasteiger partial charge is 0.506 e.